The lowest BCUT2D eigenvalue weighted by atomic mass is 10.1. The van der Waals surface area contributed by atoms with Gasteiger partial charge in [0.2, 0.25) is 5.95 Å². The van der Waals surface area contributed by atoms with Crippen LogP contribution in [0.2, 0.25) is 0 Å². The number of pyridine rings is 1. The second-order valence-corrected chi connectivity index (χ2v) is 8.43. The Morgan fingerprint density at radius 1 is 0.938 bits per heavy atom. The van der Waals surface area contributed by atoms with Crippen LogP contribution in [0.1, 0.15) is 33.7 Å². The Morgan fingerprint density at radius 2 is 1.62 bits per heavy atom. The minimum Gasteiger partial charge on any atom is -0.394 e. The SMILES string of the molecule is CC(C)[C@H](CO)Nc1nc(Nc2ccc(-c3ccncc3)cc2)c2ncn(C(C)C)c2n1. The van der Waals surface area contributed by atoms with Crippen LogP contribution in [0, 0.1) is 5.92 Å². The summed E-state index contributed by atoms with van der Waals surface area (Å²) in [5, 5.41) is 16.4. The third-order valence-electron chi connectivity index (χ3n) is 5.45. The van der Waals surface area contributed by atoms with Gasteiger partial charge in [0.15, 0.2) is 17.0 Å². The van der Waals surface area contributed by atoms with Crippen LogP contribution in [-0.2, 0) is 0 Å². The Kier molecular flexibility index (Phi) is 6.32. The number of aromatic nitrogens is 5. The van der Waals surface area contributed by atoms with Gasteiger partial charge in [-0.2, -0.15) is 9.97 Å². The van der Waals surface area contributed by atoms with Gasteiger partial charge in [0.1, 0.15) is 0 Å². The second kappa shape index (κ2) is 9.32. The Labute approximate surface area is 187 Å². The average molecular weight is 432 g/mol. The first-order valence-electron chi connectivity index (χ1n) is 10.9. The zero-order chi connectivity index (χ0) is 22.7. The Hall–Kier alpha value is -3.52. The lowest BCUT2D eigenvalue weighted by molar-refractivity contribution is 0.248. The third-order valence-corrected chi connectivity index (χ3v) is 5.45. The fourth-order valence-corrected chi connectivity index (χ4v) is 3.46. The lowest BCUT2D eigenvalue weighted by Crippen LogP contribution is -2.30. The van der Waals surface area contributed by atoms with Crippen molar-refractivity contribution in [2.45, 2.75) is 39.8 Å². The highest BCUT2D eigenvalue weighted by molar-refractivity contribution is 5.87. The maximum absolute atomic E-state index is 9.74. The first-order valence-corrected chi connectivity index (χ1v) is 10.9. The van der Waals surface area contributed by atoms with E-state index in [-0.39, 0.29) is 24.6 Å². The number of hydrogen-bond acceptors (Lipinski definition) is 7. The summed E-state index contributed by atoms with van der Waals surface area (Å²) in [5.74, 6) is 1.31. The van der Waals surface area contributed by atoms with Gasteiger partial charge in [-0.1, -0.05) is 26.0 Å². The highest BCUT2D eigenvalue weighted by Gasteiger charge is 2.18. The molecule has 0 radical (unpaired) electrons. The summed E-state index contributed by atoms with van der Waals surface area (Å²) in [4.78, 5) is 18.0. The van der Waals surface area contributed by atoms with E-state index in [0.29, 0.717) is 17.3 Å². The van der Waals surface area contributed by atoms with Crippen molar-refractivity contribution in [1.82, 2.24) is 24.5 Å². The maximum atomic E-state index is 9.74. The van der Waals surface area contributed by atoms with Gasteiger partial charge < -0.3 is 20.3 Å². The molecule has 0 bridgehead atoms. The zero-order valence-corrected chi connectivity index (χ0v) is 18.8. The normalized spacial score (nSPS) is 12.5. The minimum absolute atomic E-state index is 0.00172. The monoisotopic (exact) mass is 431 g/mol. The summed E-state index contributed by atoms with van der Waals surface area (Å²) in [6.45, 7) is 8.28. The van der Waals surface area contributed by atoms with Crippen LogP contribution < -0.4 is 10.6 Å². The summed E-state index contributed by atoms with van der Waals surface area (Å²) < 4.78 is 2.02. The van der Waals surface area contributed by atoms with E-state index in [1.54, 1.807) is 18.7 Å². The van der Waals surface area contributed by atoms with Crippen molar-refractivity contribution in [1.29, 1.82) is 0 Å². The average Bonchev–Trinajstić information content (AvgIpc) is 3.23. The zero-order valence-electron chi connectivity index (χ0n) is 18.8. The molecule has 0 aliphatic rings. The van der Waals surface area contributed by atoms with Crippen molar-refractivity contribution in [3.05, 3.63) is 55.1 Å². The van der Waals surface area contributed by atoms with E-state index in [1.165, 1.54) is 0 Å². The van der Waals surface area contributed by atoms with Crippen molar-refractivity contribution in [3.8, 4) is 11.1 Å². The molecule has 1 aromatic carbocycles. The molecule has 4 aromatic rings. The van der Waals surface area contributed by atoms with E-state index in [0.717, 1.165) is 22.5 Å². The molecule has 1 atom stereocenters. The van der Waals surface area contributed by atoms with Gasteiger partial charge in [0, 0.05) is 24.1 Å². The molecule has 0 amide bonds. The molecular weight excluding hydrogens is 402 g/mol. The number of anilines is 3. The number of benzene rings is 1. The van der Waals surface area contributed by atoms with Gasteiger partial charge in [-0.3, -0.25) is 4.98 Å². The molecule has 3 heterocycles. The van der Waals surface area contributed by atoms with E-state index in [4.69, 9.17) is 9.97 Å². The summed E-state index contributed by atoms with van der Waals surface area (Å²) >= 11 is 0. The number of rotatable bonds is 8. The fraction of sp³-hybridized carbons (Fsp3) is 0.333. The molecule has 0 unspecified atom stereocenters. The molecule has 166 valence electrons. The highest BCUT2D eigenvalue weighted by Crippen LogP contribution is 2.28. The minimum atomic E-state index is -0.143. The molecule has 0 aliphatic heterocycles. The van der Waals surface area contributed by atoms with Crippen LogP contribution >= 0.6 is 0 Å². The molecule has 0 fully saturated rings. The number of aliphatic hydroxyl groups is 1. The number of imidazole rings is 1. The summed E-state index contributed by atoms with van der Waals surface area (Å²) in [7, 11) is 0. The number of nitrogens with one attached hydrogen (secondary N) is 2. The molecular formula is C24H29N7O. The third kappa shape index (κ3) is 4.55. The van der Waals surface area contributed by atoms with Crippen LogP contribution in [0.4, 0.5) is 17.5 Å². The number of fused-ring (bicyclic) bond motifs is 1. The van der Waals surface area contributed by atoms with Gasteiger partial charge in [-0.15, -0.1) is 0 Å². The molecule has 0 aliphatic carbocycles. The Bertz CT molecular complexity index is 1170. The van der Waals surface area contributed by atoms with Gasteiger partial charge in [0.25, 0.3) is 0 Å². The van der Waals surface area contributed by atoms with Gasteiger partial charge >= 0.3 is 0 Å². The van der Waals surface area contributed by atoms with Crippen LogP contribution in [0.15, 0.2) is 55.1 Å². The molecule has 0 spiro atoms. The van der Waals surface area contributed by atoms with Crippen LogP contribution in [0.3, 0.4) is 0 Å². The van der Waals surface area contributed by atoms with E-state index >= 15 is 0 Å². The van der Waals surface area contributed by atoms with Crippen molar-refractivity contribution in [2.75, 3.05) is 17.2 Å². The van der Waals surface area contributed by atoms with E-state index < -0.39 is 0 Å². The van der Waals surface area contributed by atoms with Crippen LogP contribution in [0.25, 0.3) is 22.3 Å². The molecule has 8 nitrogen and oxygen atoms in total. The van der Waals surface area contributed by atoms with Crippen molar-refractivity contribution in [2.24, 2.45) is 5.92 Å². The lowest BCUT2D eigenvalue weighted by Gasteiger charge is -2.20. The fourth-order valence-electron chi connectivity index (χ4n) is 3.46. The Balaban J connectivity index is 1.69. The standard InChI is InChI=1S/C24H29N7O/c1-15(2)20(13-32)28-24-29-22(21-23(30-24)31(14-26-21)16(3)4)27-19-7-5-17(6-8-19)18-9-11-25-12-10-18/h5-12,14-16,20,32H,13H2,1-4H3,(H2,27,28,29,30)/t20-/m0/s1. The molecule has 3 N–H and O–H groups in total. The Morgan fingerprint density at radius 3 is 2.25 bits per heavy atom. The molecule has 3 aromatic heterocycles. The van der Waals surface area contributed by atoms with Crippen LogP contribution in [0.5, 0.6) is 0 Å². The van der Waals surface area contributed by atoms with Crippen molar-refractivity contribution in [3.63, 3.8) is 0 Å². The molecule has 0 saturated heterocycles. The number of hydrogen-bond donors (Lipinski definition) is 3. The molecule has 32 heavy (non-hydrogen) atoms. The molecule has 8 heteroatoms. The molecule has 0 saturated carbocycles. The maximum Gasteiger partial charge on any atom is 0.227 e. The first kappa shape index (κ1) is 21.7. The van der Waals surface area contributed by atoms with E-state index in [2.05, 4.69) is 46.6 Å². The van der Waals surface area contributed by atoms with Gasteiger partial charge in [-0.05, 0) is 55.2 Å². The van der Waals surface area contributed by atoms with Crippen molar-refractivity contribution < 1.29 is 5.11 Å². The predicted molar refractivity (Wildman–Crippen MR) is 128 cm³/mol. The van der Waals surface area contributed by atoms with Gasteiger partial charge in [0.05, 0.1) is 19.0 Å². The quantitative estimate of drug-likeness (QED) is 0.373. The highest BCUT2D eigenvalue weighted by atomic mass is 16.3. The summed E-state index contributed by atoms with van der Waals surface area (Å²) in [5.41, 5.74) is 4.57. The smallest absolute Gasteiger partial charge is 0.227 e. The van der Waals surface area contributed by atoms with Crippen LogP contribution in [-0.4, -0.2) is 42.3 Å². The summed E-state index contributed by atoms with van der Waals surface area (Å²) in [6, 6.07) is 12.2. The predicted octanol–water partition coefficient (Wildman–Crippen LogP) is 4.64. The van der Waals surface area contributed by atoms with Crippen molar-refractivity contribution >= 4 is 28.6 Å². The summed E-state index contributed by atoms with van der Waals surface area (Å²) in [6.07, 6.45) is 5.36. The topological polar surface area (TPSA) is 101 Å². The van der Waals surface area contributed by atoms with E-state index in [1.807, 2.05) is 42.7 Å². The largest absolute Gasteiger partial charge is 0.394 e. The first-order chi connectivity index (χ1) is 15.5. The second-order valence-electron chi connectivity index (χ2n) is 8.43. The van der Waals surface area contributed by atoms with E-state index in [9.17, 15) is 5.11 Å². The number of aliphatic hydroxyl groups excluding tert-OH is 1. The van der Waals surface area contributed by atoms with Gasteiger partial charge in [-0.25, -0.2) is 4.98 Å². The molecule has 4 rings (SSSR count). The number of nitrogens with zero attached hydrogens (tertiary/aromatic N) is 5.